The molecule has 0 heterocycles. The van der Waals surface area contributed by atoms with Gasteiger partial charge < -0.3 is 20.5 Å². The second-order valence-electron chi connectivity index (χ2n) is 4.93. The van der Waals surface area contributed by atoms with Gasteiger partial charge >= 0.3 is 0 Å². The van der Waals surface area contributed by atoms with Crippen LogP contribution in [-0.2, 0) is 4.79 Å². The third-order valence-electron chi connectivity index (χ3n) is 3.29. The molecule has 1 unspecified atom stereocenters. The third kappa shape index (κ3) is 4.23. The van der Waals surface area contributed by atoms with E-state index in [-0.39, 0.29) is 6.04 Å². The molecule has 0 radical (unpaired) electrons. The van der Waals surface area contributed by atoms with E-state index < -0.39 is 12.5 Å². The number of aliphatic hydroxyl groups excluding tert-OH is 1. The summed E-state index contributed by atoms with van der Waals surface area (Å²) in [4.78, 5) is 11.2. The molecule has 0 spiro atoms. The molecular formula is C17H20N2O3. The summed E-state index contributed by atoms with van der Waals surface area (Å²) in [5.41, 5.74) is 2.66. The van der Waals surface area contributed by atoms with Crippen LogP contribution in [0.15, 0.2) is 48.5 Å². The number of amides is 1. The molecule has 3 N–H and O–H groups in total. The van der Waals surface area contributed by atoms with Crippen LogP contribution in [0.1, 0.15) is 18.5 Å². The zero-order chi connectivity index (χ0) is 15.9. The summed E-state index contributed by atoms with van der Waals surface area (Å²) < 4.78 is 5.15. The normalized spacial score (nSPS) is 11.6. The number of nitrogens with one attached hydrogen (secondary N) is 2. The minimum absolute atomic E-state index is 0.106. The number of carbonyl (C=O) groups is 1. The largest absolute Gasteiger partial charge is 0.497 e. The maximum Gasteiger partial charge on any atom is 0.250 e. The van der Waals surface area contributed by atoms with Gasteiger partial charge in [-0.3, -0.25) is 4.79 Å². The number of aliphatic hydroxyl groups is 1. The van der Waals surface area contributed by atoms with Crippen molar-refractivity contribution in [3.8, 4) is 5.75 Å². The molecule has 22 heavy (non-hydrogen) atoms. The van der Waals surface area contributed by atoms with Crippen LogP contribution in [0, 0.1) is 0 Å². The van der Waals surface area contributed by atoms with Crippen molar-refractivity contribution in [1.82, 2.24) is 0 Å². The predicted octanol–water partition coefficient (Wildman–Crippen LogP) is 2.80. The van der Waals surface area contributed by atoms with E-state index in [2.05, 4.69) is 17.6 Å². The highest BCUT2D eigenvalue weighted by molar-refractivity contribution is 5.91. The number of methoxy groups -OCH3 is 1. The van der Waals surface area contributed by atoms with Crippen LogP contribution in [0.2, 0.25) is 0 Å². The fraction of sp³-hybridized carbons (Fsp3) is 0.235. The van der Waals surface area contributed by atoms with E-state index in [0.717, 1.165) is 17.0 Å². The van der Waals surface area contributed by atoms with Crippen molar-refractivity contribution in [2.24, 2.45) is 0 Å². The molecule has 0 fully saturated rings. The standard InChI is InChI=1S/C17H20N2O3/c1-12(13-6-8-16(22-2)9-7-13)18-14-4-3-5-15(10-14)19-17(21)11-20/h3-10,12,18,20H,11H2,1-2H3,(H,19,21). The number of carbonyl (C=O) groups excluding carboxylic acids is 1. The summed E-state index contributed by atoms with van der Waals surface area (Å²) in [5, 5.41) is 14.8. The molecule has 5 heteroatoms. The van der Waals surface area contributed by atoms with Crippen molar-refractivity contribution in [2.45, 2.75) is 13.0 Å². The quantitative estimate of drug-likeness (QED) is 0.767. The van der Waals surface area contributed by atoms with Crippen LogP contribution in [-0.4, -0.2) is 24.7 Å². The molecule has 116 valence electrons. The Labute approximate surface area is 129 Å². The minimum atomic E-state index is -0.528. The van der Waals surface area contributed by atoms with Crippen molar-refractivity contribution in [2.75, 3.05) is 24.4 Å². The Morgan fingerprint density at radius 3 is 2.50 bits per heavy atom. The lowest BCUT2D eigenvalue weighted by Crippen LogP contribution is -2.15. The lowest BCUT2D eigenvalue weighted by atomic mass is 10.1. The minimum Gasteiger partial charge on any atom is -0.497 e. The molecule has 2 rings (SSSR count). The molecule has 5 nitrogen and oxygen atoms in total. The fourth-order valence-corrected chi connectivity index (χ4v) is 2.11. The topological polar surface area (TPSA) is 70.6 Å². The smallest absolute Gasteiger partial charge is 0.250 e. The van der Waals surface area contributed by atoms with Crippen LogP contribution in [0.25, 0.3) is 0 Å². The molecule has 0 aliphatic heterocycles. The number of rotatable bonds is 6. The van der Waals surface area contributed by atoms with Crippen molar-refractivity contribution < 1.29 is 14.6 Å². The first-order valence-corrected chi connectivity index (χ1v) is 7.03. The highest BCUT2D eigenvalue weighted by Crippen LogP contribution is 2.23. The Bertz CT molecular complexity index is 626. The van der Waals surface area contributed by atoms with Crippen molar-refractivity contribution in [3.05, 3.63) is 54.1 Å². The SMILES string of the molecule is COc1ccc(C(C)Nc2cccc(NC(=O)CO)c2)cc1. The zero-order valence-corrected chi connectivity index (χ0v) is 12.7. The molecule has 0 saturated carbocycles. The zero-order valence-electron chi connectivity index (χ0n) is 12.7. The average molecular weight is 300 g/mol. The Hall–Kier alpha value is -2.53. The number of hydrogen-bond donors (Lipinski definition) is 3. The second kappa shape index (κ2) is 7.47. The van der Waals surface area contributed by atoms with E-state index in [1.54, 1.807) is 13.2 Å². The van der Waals surface area contributed by atoms with E-state index >= 15 is 0 Å². The first-order valence-electron chi connectivity index (χ1n) is 7.03. The van der Waals surface area contributed by atoms with E-state index in [0.29, 0.717) is 5.69 Å². The monoisotopic (exact) mass is 300 g/mol. The van der Waals surface area contributed by atoms with Crippen LogP contribution in [0.3, 0.4) is 0 Å². The van der Waals surface area contributed by atoms with Gasteiger partial charge in [-0.15, -0.1) is 0 Å². The molecule has 0 bridgehead atoms. The number of anilines is 2. The Balaban J connectivity index is 2.05. The van der Waals surface area contributed by atoms with Gasteiger partial charge in [0.1, 0.15) is 12.4 Å². The lowest BCUT2D eigenvalue weighted by Gasteiger charge is -2.17. The number of ether oxygens (including phenoxy) is 1. The Morgan fingerprint density at radius 2 is 1.86 bits per heavy atom. The van der Waals surface area contributed by atoms with Gasteiger partial charge in [0.2, 0.25) is 5.91 Å². The van der Waals surface area contributed by atoms with Crippen molar-refractivity contribution in [1.29, 1.82) is 0 Å². The number of hydrogen-bond acceptors (Lipinski definition) is 4. The average Bonchev–Trinajstić information content (AvgIpc) is 2.55. The molecule has 1 amide bonds. The van der Waals surface area contributed by atoms with Crippen molar-refractivity contribution >= 4 is 17.3 Å². The molecular weight excluding hydrogens is 280 g/mol. The van der Waals surface area contributed by atoms with Crippen LogP contribution >= 0.6 is 0 Å². The summed E-state index contributed by atoms with van der Waals surface area (Å²) in [7, 11) is 1.64. The maximum absolute atomic E-state index is 11.2. The van der Waals surface area contributed by atoms with Gasteiger partial charge in [-0.25, -0.2) is 0 Å². The Morgan fingerprint density at radius 1 is 1.18 bits per heavy atom. The molecule has 1 atom stereocenters. The Kier molecular flexibility index (Phi) is 5.38. The van der Waals surface area contributed by atoms with Gasteiger partial charge in [-0.1, -0.05) is 18.2 Å². The van der Waals surface area contributed by atoms with Crippen molar-refractivity contribution in [3.63, 3.8) is 0 Å². The van der Waals surface area contributed by atoms with E-state index in [1.165, 1.54) is 0 Å². The van der Waals surface area contributed by atoms with Gasteiger partial charge in [0.25, 0.3) is 0 Å². The molecule has 2 aromatic rings. The van der Waals surface area contributed by atoms with Gasteiger partial charge in [-0.05, 0) is 42.8 Å². The molecule has 2 aromatic carbocycles. The summed E-state index contributed by atoms with van der Waals surface area (Å²) in [5.74, 6) is 0.394. The fourth-order valence-electron chi connectivity index (χ4n) is 2.11. The summed E-state index contributed by atoms with van der Waals surface area (Å²) >= 11 is 0. The van der Waals surface area contributed by atoms with E-state index in [1.807, 2.05) is 42.5 Å². The highest BCUT2D eigenvalue weighted by Gasteiger charge is 2.07. The second-order valence-corrected chi connectivity index (χ2v) is 4.93. The van der Waals surface area contributed by atoms with E-state index in [4.69, 9.17) is 9.84 Å². The summed E-state index contributed by atoms with van der Waals surface area (Å²) in [6, 6.07) is 15.3. The lowest BCUT2D eigenvalue weighted by molar-refractivity contribution is -0.118. The first-order chi connectivity index (χ1) is 10.6. The van der Waals surface area contributed by atoms with Gasteiger partial charge in [-0.2, -0.15) is 0 Å². The van der Waals surface area contributed by atoms with Gasteiger partial charge in [0.05, 0.1) is 7.11 Å². The van der Waals surface area contributed by atoms with Crippen LogP contribution < -0.4 is 15.4 Å². The third-order valence-corrected chi connectivity index (χ3v) is 3.29. The summed E-state index contributed by atoms with van der Waals surface area (Å²) in [6.07, 6.45) is 0. The summed E-state index contributed by atoms with van der Waals surface area (Å²) in [6.45, 7) is 1.53. The van der Waals surface area contributed by atoms with Gasteiger partial charge in [0, 0.05) is 17.4 Å². The molecule has 0 aromatic heterocycles. The predicted molar refractivity (Wildman–Crippen MR) is 87.2 cm³/mol. The maximum atomic E-state index is 11.2. The van der Waals surface area contributed by atoms with Crippen LogP contribution in [0.4, 0.5) is 11.4 Å². The van der Waals surface area contributed by atoms with E-state index in [9.17, 15) is 4.79 Å². The molecule has 0 saturated heterocycles. The molecule has 0 aliphatic carbocycles. The highest BCUT2D eigenvalue weighted by atomic mass is 16.5. The number of benzene rings is 2. The molecule has 0 aliphatic rings. The van der Waals surface area contributed by atoms with Gasteiger partial charge in [0.15, 0.2) is 0 Å². The van der Waals surface area contributed by atoms with Crippen LogP contribution in [0.5, 0.6) is 5.75 Å². The first kappa shape index (κ1) is 15.9.